The molecule has 1 aliphatic heterocycles. The molecule has 1 N–H and O–H groups in total. The molecule has 0 bridgehead atoms. The molecule has 0 aliphatic carbocycles. The molecule has 1 aromatic heterocycles. The lowest BCUT2D eigenvalue weighted by atomic mass is 10.0. The van der Waals surface area contributed by atoms with Crippen LogP contribution in [0.1, 0.15) is 65.5 Å². The zero-order valence-corrected chi connectivity index (χ0v) is 24.2. The predicted molar refractivity (Wildman–Crippen MR) is 153 cm³/mol. The van der Waals surface area contributed by atoms with E-state index >= 15 is 0 Å². The molecular weight excluding hydrogens is 502 g/mol. The minimum atomic E-state index is -0.602. The summed E-state index contributed by atoms with van der Waals surface area (Å²) in [5, 5.41) is 10.9. The molecule has 1 fully saturated rings. The number of carbonyl (C=O) groups excluding carboxylic acids is 1. The Morgan fingerprint density at radius 3 is 2.24 bits per heavy atom. The number of amides is 1. The topological polar surface area (TPSA) is 88.2 Å². The zero-order chi connectivity index (χ0) is 28.2. The molecule has 0 unspecified atom stereocenters. The standard InChI is InChI=1S/C27H33N3O5S.C2H6/c1-17(2)20-14-21-23(15-22(20)31)34-26(33)30(24(21)36)19-8-6-18(7-9-19)16-28-10-12-29(13-11-28)25(32)35-27(3,4)5;1-2/h6-9,14-15,17,31H,10-13,16H2,1-5H3;1-2H3. The first kappa shape index (κ1) is 29.4. The SMILES string of the molecule is CC.CC(C)c1cc2c(=S)n(-c3ccc(CN4CCN(C(=O)OC(C)(C)C)CC4)cc3)c(=O)oc2cc1O. The Morgan fingerprint density at radius 1 is 1.08 bits per heavy atom. The van der Waals surface area contributed by atoms with Gasteiger partial charge in [0.1, 0.15) is 21.6 Å². The Labute approximate surface area is 229 Å². The van der Waals surface area contributed by atoms with Crippen LogP contribution in [0.5, 0.6) is 5.75 Å². The van der Waals surface area contributed by atoms with E-state index in [-0.39, 0.29) is 23.3 Å². The van der Waals surface area contributed by atoms with E-state index in [1.54, 1.807) is 11.0 Å². The number of carbonyl (C=O) groups is 1. The van der Waals surface area contributed by atoms with Crippen molar-refractivity contribution >= 4 is 29.3 Å². The monoisotopic (exact) mass is 541 g/mol. The lowest BCUT2D eigenvalue weighted by Crippen LogP contribution is -2.49. The quantitative estimate of drug-likeness (QED) is 0.392. The minimum absolute atomic E-state index is 0.0871. The van der Waals surface area contributed by atoms with Crippen LogP contribution in [0.2, 0.25) is 0 Å². The molecule has 0 spiro atoms. The summed E-state index contributed by atoms with van der Waals surface area (Å²) in [6.45, 7) is 17.0. The number of hydrogen-bond acceptors (Lipinski definition) is 7. The van der Waals surface area contributed by atoms with Gasteiger partial charge in [-0.2, -0.15) is 0 Å². The molecule has 2 aromatic carbocycles. The fraction of sp³-hybridized carbons (Fsp3) is 0.483. The number of piperazine rings is 1. The van der Waals surface area contributed by atoms with Gasteiger partial charge in [0, 0.05) is 38.8 Å². The Morgan fingerprint density at radius 2 is 1.68 bits per heavy atom. The van der Waals surface area contributed by atoms with Gasteiger partial charge in [-0.15, -0.1) is 0 Å². The summed E-state index contributed by atoms with van der Waals surface area (Å²) >= 11 is 5.65. The van der Waals surface area contributed by atoms with Crippen molar-refractivity contribution < 1.29 is 19.1 Å². The second-order valence-electron chi connectivity index (χ2n) is 10.5. The third-order valence-corrected chi connectivity index (χ3v) is 6.59. The summed E-state index contributed by atoms with van der Waals surface area (Å²) < 4.78 is 12.7. The highest BCUT2D eigenvalue weighted by Crippen LogP contribution is 2.31. The number of nitrogens with zero attached hydrogens (tertiary/aromatic N) is 3. The fourth-order valence-corrected chi connectivity index (χ4v) is 4.63. The van der Waals surface area contributed by atoms with Gasteiger partial charge in [0.25, 0.3) is 0 Å². The van der Waals surface area contributed by atoms with Crippen molar-refractivity contribution in [3.05, 3.63) is 62.7 Å². The van der Waals surface area contributed by atoms with Crippen LogP contribution in [0.3, 0.4) is 0 Å². The second-order valence-corrected chi connectivity index (χ2v) is 10.9. The maximum atomic E-state index is 12.8. The summed E-state index contributed by atoms with van der Waals surface area (Å²) in [7, 11) is 0. The third-order valence-electron chi connectivity index (χ3n) is 6.19. The van der Waals surface area contributed by atoms with Crippen LogP contribution in [0.25, 0.3) is 16.7 Å². The van der Waals surface area contributed by atoms with Crippen LogP contribution in [0, 0.1) is 4.64 Å². The predicted octanol–water partition coefficient (Wildman–Crippen LogP) is 6.22. The molecule has 0 saturated carbocycles. The van der Waals surface area contributed by atoms with Crippen molar-refractivity contribution in [3.8, 4) is 11.4 Å². The lowest BCUT2D eigenvalue weighted by Gasteiger charge is -2.35. The van der Waals surface area contributed by atoms with Crippen LogP contribution in [0.4, 0.5) is 4.79 Å². The Bertz CT molecular complexity index is 1380. The second kappa shape index (κ2) is 12.1. The van der Waals surface area contributed by atoms with E-state index in [0.29, 0.717) is 28.8 Å². The first-order valence-electron chi connectivity index (χ1n) is 13.2. The average Bonchev–Trinajstić information content (AvgIpc) is 2.85. The molecule has 38 heavy (non-hydrogen) atoms. The summed E-state index contributed by atoms with van der Waals surface area (Å²) in [4.78, 5) is 29.1. The maximum absolute atomic E-state index is 12.8. The third kappa shape index (κ3) is 6.82. The van der Waals surface area contributed by atoms with Gasteiger partial charge < -0.3 is 19.2 Å². The molecule has 3 aromatic rings. The Kier molecular flexibility index (Phi) is 9.38. The highest BCUT2D eigenvalue weighted by Gasteiger charge is 2.25. The number of fused-ring (bicyclic) bond motifs is 1. The first-order valence-corrected chi connectivity index (χ1v) is 13.6. The van der Waals surface area contributed by atoms with Crippen LogP contribution in [0.15, 0.2) is 45.6 Å². The van der Waals surface area contributed by atoms with Crippen LogP contribution in [-0.4, -0.2) is 57.3 Å². The maximum Gasteiger partial charge on any atom is 0.425 e. The minimum Gasteiger partial charge on any atom is -0.508 e. The molecule has 4 rings (SSSR count). The number of aromatic nitrogens is 1. The summed E-state index contributed by atoms with van der Waals surface area (Å²) in [5.41, 5.74) is 2.22. The van der Waals surface area contributed by atoms with E-state index in [0.717, 1.165) is 30.8 Å². The summed E-state index contributed by atoms with van der Waals surface area (Å²) in [5.74, 6) is -0.422. The number of hydrogen-bond donors (Lipinski definition) is 1. The fourth-order valence-electron chi connectivity index (χ4n) is 4.29. The molecule has 206 valence electrons. The molecule has 9 heteroatoms. The molecule has 0 atom stereocenters. The zero-order valence-electron chi connectivity index (χ0n) is 23.4. The van der Waals surface area contributed by atoms with Crippen molar-refractivity contribution in [1.29, 1.82) is 0 Å². The number of phenols is 1. The highest BCUT2D eigenvalue weighted by atomic mass is 32.1. The van der Waals surface area contributed by atoms with Crippen molar-refractivity contribution in [1.82, 2.24) is 14.4 Å². The Hall–Kier alpha value is -3.17. The van der Waals surface area contributed by atoms with E-state index in [1.165, 1.54) is 10.6 Å². The number of aromatic hydroxyl groups is 1. The van der Waals surface area contributed by atoms with E-state index in [2.05, 4.69) is 4.90 Å². The molecule has 1 aliphatic rings. The van der Waals surface area contributed by atoms with Gasteiger partial charge in [0.05, 0.1) is 11.1 Å². The van der Waals surface area contributed by atoms with E-state index < -0.39 is 11.4 Å². The molecule has 2 heterocycles. The van der Waals surface area contributed by atoms with Gasteiger partial charge in [-0.3, -0.25) is 4.90 Å². The lowest BCUT2D eigenvalue weighted by molar-refractivity contribution is 0.0139. The molecule has 1 saturated heterocycles. The van der Waals surface area contributed by atoms with E-state index in [4.69, 9.17) is 21.4 Å². The van der Waals surface area contributed by atoms with Gasteiger partial charge in [-0.1, -0.05) is 52.0 Å². The van der Waals surface area contributed by atoms with E-state index in [9.17, 15) is 14.7 Å². The van der Waals surface area contributed by atoms with Gasteiger partial charge in [0.15, 0.2) is 0 Å². The molecule has 8 nitrogen and oxygen atoms in total. The molecule has 1 amide bonds. The smallest absolute Gasteiger partial charge is 0.425 e. The van der Waals surface area contributed by atoms with Crippen LogP contribution >= 0.6 is 12.2 Å². The number of phenolic OH excluding ortho intramolecular Hbond substituents is 1. The van der Waals surface area contributed by atoms with Crippen molar-refractivity contribution in [2.24, 2.45) is 0 Å². The number of ether oxygens (including phenoxy) is 1. The largest absolute Gasteiger partial charge is 0.508 e. The Balaban J connectivity index is 0.00000195. The van der Waals surface area contributed by atoms with Gasteiger partial charge in [-0.25, -0.2) is 14.2 Å². The number of benzene rings is 2. The molecular formula is C29H39N3O5S. The van der Waals surface area contributed by atoms with Crippen molar-refractivity contribution in [3.63, 3.8) is 0 Å². The van der Waals surface area contributed by atoms with Crippen LogP contribution < -0.4 is 5.76 Å². The van der Waals surface area contributed by atoms with Crippen LogP contribution in [-0.2, 0) is 11.3 Å². The van der Waals surface area contributed by atoms with Crippen molar-refractivity contribution in [2.45, 2.75) is 66.5 Å². The number of rotatable bonds is 4. The van der Waals surface area contributed by atoms with Gasteiger partial charge in [0.2, 0.25) is 0 Å². The summed E-state index contributed by atoms with van der Waals surface area (Å²) in [6, 6.07) is 10.9. The first-order chi connectivity index (χ1) is 17.9. The van der Waals surface area contributed by atoms with Gasteiger partial charge in [-0.05, 0) is 56.0 Å². The average molecular weight is 542 g/mol. The van der Waals surface area contributed by atoms with Crippen molar-refractivity contribution in [2.75, 3.05) is 26.2 Å². The summed E-state index contributed by atoms with van der Waals surface area (Å²) in [6.07, 6.45) is -0.270. The normalized spacial score (nSPS) is 14.4. The van der Waals surface area contributed by atoms with E-state index in [1.807, 2.05) is 72.7 Å². The highest BCUT2D eigenvalue weighted by molar-refractivity contribution is 7.71. The molecule has 0 radical (unpaired) electrons. The van der Waals surface area contributed by atoms with Gasteiger partial charge >= 0.3 is 11.8 Å².